The number of benzene rings is 1. The predicted molar refractivity (Wildman–Crippen MR) is 149 cm³/mol. The zero-order chi connectivity index (χ0) is 25.0. The van der Waals surface area contributed by atoms with Crippen LogP contribution >= 0.6 is 23.2 Å². The number of rotatable bonds is 9. The molecule has 0 unspecified atom stereocenters. The Morgan fingerprint density at radius 2 is 1.50 bits per heavy atom. The maximum atomic E-state index is 6.50. The van der Waals surface area contributed by atoms with Gasteiger partial charge in [-0.15, -0.1) is 0 Å². The van der Waals surface area contributed by atoms with Gasteiger partial charge in [0.05, 0.1) is 31.3 Å². The number of hydrogen-bond acceptors (Lipinski definition) is 4. The average molecular weight is 525 g/mol. The van der Waals surface area contributed by atoms with E-state index in [1.807, 2.05) is 26.0 Å². The van der Waals surface area contributed by atoms with Gasteiger partial charge in [-0.25, -0.2) is 9.98 Å². The molecule has 2 heterocycles. The zero-order valence-electron chi connectivity index (χ0n) is 21.6. The molecule has 188 valence electrons. The van der Waals surface area contributed by atoms with Gasteiger partial charge in [0.2, 0.25) is 11.8 Å². The lowest BCUT2D eigenvalue weighted by atomic mass is 10.0. The molecular weight excluding hydrogens is 485 g/mol. The summed E-state index contributed by atoms with van der Waals surface area (Å²) in [5.74, 6) is 1.68. The monoisotopic (exact) mass is 523 g/mol. The van der Waals surface area contributed by atoms with E-state index < -0.39 is 8.07 Å². The molecule has 1 aromatic carbocycles. The summed E-state index contributed by atoms with van der Waals surface area (Å²) in [5.41, 5.74) is 2.23. The summed E-state index contributed by atoms with van der Waals surface area (Å²) in [6.07, 6.45) is 0.675. The van der Waals surface area contributed by atoms with E-state index in [2.05, 4.69) is 39.6 Å². The van der Waals surface area contributed by atoms with Crippen LogP contribution in [0.3, 0.4) is 0 Å². The van der Waals surface area contributed by atoms with Gasteiger partial charge in [0.1, 0.15) is 12.1 Å². The number of hydrogen-bond donors (Lipinski definition) is 1. The Morgan fingerprint density at radius 1 is 0.912 bits per heavy atom. The first-order valence-corrected chi connectivity index (χ1v) is 16.0. The van der Waals surface area contributed by atoms with E-state index in [1.165, 1.54) is 34.4 Å². The van der Waals surface area contributed by atoms with E-state index in [0.29, 0.717) is 41.5 Å². The number of aromatic amines is 1. The zero-order valence-corrected chi connectivity index (χ0v) is 24.1. The number of halogens is 2. The first kappa shape index (κ1) is 27.1. The molecule has 0 radical (unpaired) electrons. The lowest BCUT2D eigenvalue weighted by molar-refractivity contribution is 0.275. The highest BCUT2D eigenvalue weighted by Gasteiger charge is 2.37. The van der Waals surface area contributed by atoms with Crippen molar-refractivity contribution in [2.75, 3.05) is 13.2 Å². The quantitative estimate of drug-likeness (QED) is 0.359. The summed E-state index contributed by atoms with van der Waals surface area (Å²) < 4.78 is 12.0. The van der Waals surface area contributed by atoms with E-state index >= 15 is 0 Å². The molecule has 0 bridgehead atoms. The van der Waals surface area contributed by atoms with Gasteiger partial charge in [-0.1, -0.05) is 76.0 Å². The van der Waals surface area contributed by atoms with Gasteiger partial charge in [0, 0.05) is 23.0 Å². The molecule has 1 aliphatic rings. The van der Waals surface area contributed by atoms with Crippen LogP contribution in [0.25, 0.3) is 10.9 Å². The van der Waals surface area contributed by atoms with Crippen molar-refractivity contribution in [2.45, 2.75) is 85.1 Å². The van der Waals surface area contributed by atoms with E-state index in [1.54, 1.807) is 0 Å². The van der Waals surface area contributed by atoms with Gasteiger partial charge in [0.25, 0.3) is 0 Å². The fourth-order valence-electron chi connectivity index (χ4n) is 5.16. The Bertz CT molecular complexity index is 1050. The maximum Gasteiger partial charge on any atom is 0.210 e. The number of nitrogens with one attached hydrogen (secondary N) is 1. The topological polar surface area (TPSA) is 59.0 Å². The van der Waals surface area contributed by atoms with Crippen LogP contribution in [0.15, 0.2) is 22.1 Å². The minimum absolute atomic E-state index is 0.118. The summed E-state index contributed by atoms with van der Waals surface area (Å²) >= 11 is 12.9. The number of nitrogens with zero attached hydrogens (tertiary/aromatic N) is 2. The third-order valence-corrected chi connectivity index (χ3v) is 13.6. The predicted octanol–water partition coefficient (Wildman–Crippen LogP) is 7.01. The van der Waals surface area contributed by atoms with Crippen LogP contribution in [0, 0.1) is 5.92 Å². The highest BCUT2D eigenvalue weighted by molar-refractivity contribution is 6.93. The summed E-state index contributed by atoms with van der Waals surface area (Å²) in [5, 5.41) is 3.80. The van der Waals surface area contributed by atoms with Crippen molar-refractivity contribution in [1.82, 2.24) is 4.98 Å². The van der Waals surface area contributed by atoms with Crippen molar-refractivity contribution in [2.24, 2.45) is 15.9 Å². The standard InChI is InChI=1S/C26H39Cl2N3O2Si/c1-8-32-25-22(30-26(33-9-2)23(31-25)16(6)7)15-21-24(34(10-3,11-4)12-5)17-13-18(27)19(28)14-20(17)29-21/h13-14,16,22-23,29H,8-12,15H2,1-7H3/t22-,23+/m1/s1. The van der Waals surface area contributed by atoms with E-state index in [9.17, 15) is 0 Å². The van der Waals surface area contributed by atoms with Crippen LogP contribution < -0.4 is 5.19 Å². The second-order valence-electron chi connectivity index (χ2n) is 9.34. The van der Waals surface area contributed by atoms with E-state index in [4.69, 9.17) is 42.7 Å². The number of ether oxygens (including phenoxy) is 2. The Hall–Kier alpha value is -1.50. The number of aromatic nitrogens is 1. The molecule has 0 spiro atoms. The van der Waals surface area contributed by atoms with Crippen LogP contribution in [0.1, 0.15) is 54.2 Å². The summed E-state index contributed by atoms with van der Waals surface area (Å²) in [7, 11) is -1.77. The van der Waals surface area contributed by atoms with E-state index in [-0.39, 0.29) is 18.0 Å². The normalized spacial score (nSPS) is 18.9. The Kier molecular flexibility index (Phi) is 9.15. The minimum Gasteiger partial charge on any atom is -0.480 e. The Balaban J connectivity index is 2.17. The maximum absolute atomic E-state index is 6.50. The van der Waals surface area contributed by atoms with Crippen LogP contribution in [0.4, 0.5) is 0 Å². The molecule has 5 nitrogen and oxygen atoms in total. The van der Waals surface area contributed by atoms with Crippen LogP contribution in [0.2, 0.25) is 28.2 Å². The molecule has 0 aliphatic carbocycles. The number of fused-ring (bicyclic) bond motifs is 1. The van der Waals surface area contributed by atoms with Gasteiger partial charge in [-0.2, -0.15) is 0 Å². The van der Waals surface area contributed by atoms with Gasteiger partial charge < -0.3 is 14.5 Å². The summed E-state index contributed by atoms with van der Waals surface area (Å²) in [6, 6.07) is 7.15. The first-order chi connectivity index (χ1) is 16.2. The third kappa shape index (κ3) is 5.19. The number of H-pyrrole nitrogens is 1. The molecule has 1 aromatic heterocycles. The Labute approximate surface area is 215 Å². The van der Waals surface area contributed by atoms with Crippen molar-refractivity contribution in [1.29, 1.82) is 0 Å². The molecule has 8 heteroatoms. The molecular formula is C26H39Cl2N3O2Si. The van der Waals surface area contributed by atoms with E-state index in [0.717, 1.165) is 5.52 Å². The van der Waals surface area contributed by atoms with Crippen molar-refractivity contribution in [3.8, 4) is 0 Å². The van der Waals surface area contributed by atoms with Crippen molar-refractivity contribution in [3.05, 3.63) is 27.9 Å². The largest absolute Gasteiger partial charge is 0.480 e. The third-order valence-electron chi connectivity index (χ3n) is 7.18. The first-order valence-electron chi connectivity index (χ1n) is 12.7. The van der Waals surface area contributed by atoms with Crippen LogP contribution in [0.5, 0.6) is 0 Å². The lowest BCUT2D eigenvalue weighted by Gasteiger charge is -2.31. The highest BCUT2D eigenvalue weighted by atomic mass is 35.5. The second kappa shape index (κ2) is 11.5. The Morgan fingerprint density at radius 3 is 2.06 bits per heavy atom. The molecule has 0 amide bonds. The smallest absolute Gasteiger partial charge is 0.210 e. The SMILES string of the molecule is CCOC1=N[C@H](Cc2[nH]c3cc(Cl)c(Cl)cc3c2[Si](CC)(CC)CC)C(OCC)=N[C@H]1C(C)C. The average Bonchev–Trinajstić information content (AvgIpc) is 3.14. The van der Waals surface area contributed by atoms with Gasteiger partial charge >= 0.3 is 0 Å². The van der Waals surface area contributed by atoms with Crippen LogP contribution in [-0.2, 0) is 15.9 Å². The molecule has 0 fully saturated rings. The fourth-order valence-corrected chi connectivity index (χ4v) is 9.63. The van der Waals surface area contributed by atoms with Crippen molar-refractivity contribution in [3.63, 3.8) is 0 Å². The van der Waals surface area contributed by atoms with Gasteiger partial charge in [0.15, 0.2) is 0 Å². The fraction of sp³-hybridized carbons (Fsp3) is 0.615. The van der Waals surface area contributed by atoms with Gasteiger partial charge in [-0.3, -0.25) is 0 Å². The molecule has 0 saturated carbocycles. The lowest BCUT2D eigenvalue weighted by Crippen LogP contribution is -2.48. The molecule has 34 heavy (non-hydrogen) atoms. The molecule has 3 rings (SSSR count). The molecule has 2 aromatic rings. The van der Waals surface area contributed by atoms with Crippen molar-refractivity contribution >= 4 is 59.2 Å². The highest BCUT2D eigenvalue weighted by Crippen LogP contribution is 2.33. The molecule has 0 saturated heterocycles. The van der Waals surface area contributed by atoms with Gasteiger partial charge in [-0.05, 0) is 37.1 Å². The molecule has 1 N–H and O–H groups in total. The second-order valence-corrected chi connectivity index (χ2v) is 15.3. The minimum atomic E-state index is -1.77. The summed E-state index contributed by atoms with van der Waals surface area (Å²) in [4.78, 5) is 13.7. The molecule has 1 aliphatic heterocycles. The summed E-state index contributed by atoms with van der Waals surface area (Å²) in [6.45, 7) is 16.4. The van der Waals surface area contributed by atoms with Crippen molar-refractivity contribution < 1.29 is 9.47 Å². The van der Waals surface area contributed by atoms with Crippen LogP contribution in [-0.4, -0.2) is 50.2 Å². The molecule has 2 atom stereocenters. The number of aliphatic imine (C=N–C) groups is 2.